The number of halogens is 3. The number of alkyl halides is 3. The molecule has 2 aromatic heterocycles. The number of pyridine rings is 1. The number of carbonyl (C=O) groups excluding carboxylic acids is 1. The van der Waals surface area contributed by atoms with Crippen LogP contribution in [0.1, 0.15) is 52.8 Å². The summed E-state index contributed by atoms with van der Waals surface area (Å²) in [4.78, 5) is 18.9. The van der Waals surface area contributed by atoms with Gasteiger partial charge in [-0.2, -0.15) is 18.3 Å². The summed E-state index contributed by atoms with van der Waals surface area (Å²) in [6, 6.07) is 7.56. The van der Waals surface area contributed by atoms with Gasteiger partial charge >= 0.3 is 6.18 Å². The SMILES string of the molecule is COc1ccc(N2C(=O)c3[nH]nc(CC(C)C)c3C2c2cccc(C(F)(F)F)c2)cn1. The van der Waals surface area contributed by atoms with Crippen molar-refractivity contribution in [1.82, 2.24) is 15.2 Å². The largest absolute Gasteiger partial charge is 0.481 e. The molecule has 1 unspecified atom stereocenters. The van der Waals surface area contributed by atoms with Gasteiger partial charge in [0.1, 0.15) is 5.69 Å². The molecule has 0 saturated heterocycles. The number of anilines is 1. The summed E-state index contributed by atoms with van der Waals surface area (Å²) in [7, 11) is 1.48. The van der Waals surface area contributed by atoms with Crippen LogP contribution < -0.4 is 9.64 Å². The molecule has 0 spiro atoms. The number of amides is 1. The summed E-state index contributed by atoms with van der Waals surface area (Å²) in [6.07, 6.45) is -2.44. The normalized spacial score (nSPS) is 16.2. The maximum atomic E-state index is 13.4. The molecule has 0 saturated carbocycles. The molecule has 0 aliphatic carbocycles. The summed E-state index contributed by atoms with van der Waals surface area (Å²) in [6.45, 7) is 4.03. The monoisotopic (exact) mass is 430 g/mol. The first-order valence-corrected chi connectivity index (χ1v) is 9.78. The minimum atomic E-state index is -4.49. The second-order valence-electron chi connectivity index (χ2n) is 7.82. The van der Waals surface area contributed by atoms with Crippen LogP contribution in [0.15, 0.2) is 42.6 Å². The Hall–Kier alpha value is -3.36. The van der Waals surface area contributed by atoms with Gasteiger partial charge in [0.15, 0.2) is 0 Å². The number of hydrogen-bond acceptors (Lipinski definition) is 4. The lowest BCUT2D eigenvalue weighted by atomic mass is 9.94. The molecule has 162 valence electrons. The van der Waals surface area contributed by atoms with Crippen molar-refractivity contribution in [3.05, 3.63) is 70.7 Å². The Morgan fingerprint density at radius 3 is 2.61 bits per heavy atom. The molecule has 9 heteroatoms. The van der Waals surface area contributed by atoms with E-state index >= 15 is 0 Å². The Labute approximate surface area is 177 Å². The van der Waals surface area contributed by atoms with Gasteiger partial charge in [-0.1, -0.05) is 26.0 Å². The van der Waals surface area contributed by atoms with Crippen LogP contribution in [0.2, 0.25) is 0 Å². The minimum Gasteiger partial charge on any atom is -0.481 e. The molecule has 31 heavy (non-hydrogen) atoms. The highest BCUT2D eigenvalue weighted by atomic mass is 19.4. The summed E-state index contributed by atoms with van der Waals surface area (Å²) in [5.74, 6) is 0.250. The molecule has 4 rings (SSSR count). The van der Waals surface area contributed by atoms with Crippen LogP contribution in [0, 0.1) is 5.92 Å². The Kier molecular flexibility index (Phi) is 5.20. The van der Waals surface area contributed by atoms with E-state index in [1.807, 2.05) is 13.8 Å². The minimum absolute atomic E-state index is 0.251. The van der Waals surface area contributed by atoms with Gasteiger partial charge < -0.3 is 4.74 Å². The summed E-state index contributed by atoms with van der Waals surface area (Å²) >= 11 is 0. The number of methoxy groups -OCH3 is 1. The van der Waals surface area contributed by atoms with E-state index in [9.17, 15) is 18.0 Å². The fraction of sp³-hybridized carbons (Fsp3) is 0.318. The van der Waals surface area contributed by atoms with Crippen LogP contribution in [0.4, 0.5) is 18.9 Å². The molecular weight excluding hydrogens is 409 g/mol. The van der Waals surface area contributed by atoms with Gasteiger partial charge in [0.25, 0.3) is 5.91 Å². The third kappa shape index (κ3) is 3.75. The van der Waals surface area contributed by atoms with E-state index in [2.05, 4.69) is 15.2 Å². The molecule has 1 aliphatic heterocycles. The number of nitrogens with zero attached hydrogens (tertiary/aromatic N) is 3. The van der Waals surface area contributed by atoms with Crippen LogP contribution in [0.3, 0.4) is 0 Å². The van der Waals surface area contributed by atoms with Gasteiger partial charge in [0, 0.05) is 11.6 Å². The lowest BCUT2D eigenvalue weighted by Gasteiger charge is -2.27. The first-order chi connectivity index (χ1) is 14.7. The van der Waals surface area contributed by atoms with Crippen molar-refractivity contribution in [2.45, 2.75) is 32.5 Å². The number of rotatable bonds is 5. The highest BCUT2D eigenvalue weighted by Crippen LogP contribution is 2.44. The molecule has 3 aromatic rings. The standard InChI is InChI=1S/C22H21F3N4O2/c1-12(2)9-16-18-19(28-27-16)21(30)29(15-7-8-17(31-3)26-11-15)20(18)13-5-4-6-14(10-13)22(23,24)25/h4-8,10-12,20H,9H2,1-3H3,(H,27,28). The highest BCUT2D eigenvalue weighted by molar-refractivity contribution is 6.10. The van der Waals surface area contributed by atoms with Crippen LogP contribution >= 0.6 is 0 Å². The molecular formula is C22H21F3N4O2. The molecule has 0 bridgehead atoms. The second-order valence-corrected chi connectivity index (χ2v) is 7.82. The number of nitrogens with one attached hydrogen (secondary N) is 1. The lowest BCUT2D eigenvalue weighted by Crippen LogP contribution is -2.29. The fourth-order valence-electron chi connectivity index (χ4n) is 3.86. The van der Waals surface area contributed by atoms with E-state index in [1.165, 1.54) is 24.3 Å². The van der Waals surface area contributed by atoms with Gasteiger partial charge in [-0.3, -0.25) is 14.8 Å². The topological polar surface area (TPSA) is 71.1 Å². The molecule has 0 radical (unpaired) electrons. The number of carbonyl (C=O) groups is 1. The molecule has 3 heterocycles. The molecule has 6 nitrogen and oxygen atoms in total. The average Bonchev–Trinajstić information content (AvgIpc) is 3.26. The molecule has 1 amide bonds. The van der Waals surface area contributed by atoms with E-state index in [-0.39, 0.29) is 17.5 Å². The third-order valence-electron chi connectivity index (χ3n) is 5.19. The highest BCUT2D eigenvalue weighted by Gasteiger charge is 2.43. The van der Waals surface area contributed by atoms with Gasteiger partial charge in [-0.15, -0.1) is 0 Å². The van der Waals surface area contributed by atoms with Crippen molar-refractivity contribution >= 4 is 11.6 Å². The second kappa shape index (κ2) is 7.72. The predicted octanol–water partition coefficient (Wildman–Crippen LogP) is 4.78. The predicted molar refractivity (Wildman–Crippen MR) is 108 cm³/mol. The van der Waals surface area contributed by atoms with Crippen molar-refractivity contribution in [1.29, 1.82) is 0 Å². The van der Waals surface area contributed by atoms with Crippen LogP contribution in [-0.2, 0) is 12.6 Å². The van der Waals surface area contributed by atoms with E-state index in [4.69, 9.17) is 4.74 Å². The van der Waals surface area contributed by atoms with Gasteiger partial charge in [-0.25, -0.2) is 4.98 Å². The maximum Gasteiger partial charge on any atom is 0.416 e. The van der Waals surface area contributed by atoms with E-state index in [0.29, 0.717) is 34.8 Å². The van der Waals surface area contributed by atoms with E-state index in [1.54, 1.807) is 18.2 Å². The summed E-state index contributed by atoms with van der Waals surface area (Å²) in [5.41, 5.74) is 1.59. The zero-order valence-electron chi connectivity index (χ0n) is 17.2. The Balaban J connectivity index is 1.88. The number of H-pyrrole nitrogens is 1. The first kappa shape index (κ1) is 20.9. The van der Waals surface area contributed by atoms with Gasteiger partial charge in [0.2, 0.25) is 5.88 Å². The van der Waals surface area contributed by atoms with E-state index in [0.717, 1.165) is 12.1 Å². The number of ether oxygens (including phenoxy) is 1. The Bertz CT molecular complexity index is 1110. The Morgan fingerprint density at radius 1 is 1.23 bits per heavy atom. The zero-order valence-corrected chi connectivity index (χ0v) is 17.2. The number of hydrogen-bond donors (Lipinski definition) is 1. The van der Waals surface area contributed by atoms with Gasteiger partial charge in [0.05, 0.1) is 36.3 Å². The van der Waals surface area contributed by atoms with Crippen molar-refractivity contribution in [2.24, 2.45) is 5.92 Å². The lowest BCUT2D eigenvalue weighted by molar-refractivity contribution is -0.137. The zero-order chi connectivity index (χ0) is 22.3. The number of benzene rings is 1. The number of fused-ring (bicyclic) bond motifs is 1. The summed E-state index contributed by atoms with van der Waals surface area (Å²) < 4.78 is 45.3. The summed E-state index contributed by atoms with van der Waals surface area (Å²) in [5, 5.41) is 7.10. The van der Waals surface area contributed by atoms with Crippen LogP contribution in [-0.4, -0.2) is 28.2 Å². The van der Waals surface area contributed by atoms with E-state index < -0.39 is 17.8 Å². The quantitative estimate of drug-likeness (QED) is 0.632. The van der Waals surface area contributed by atoms with Gasteiger partial charge in [-0.05, 0) is 36.1 Å². The van der Waals surface area contributed by atoms with Crippen molar-refractivity contribution in [3.8, 4) is 5.88 Å². The fourth-order valence-corrected chi connectivity index (χ4v) is 3.86. The molecule has 1 atom stereocenters. The molecule has 1 aliphatic rings. The maximum absolute atomic E-state index is 13.4. The Morgan fingerprint density at radius 2 is 2.00 bits per heavy atom. The number of aromatic amines is 1. The molecule has 1 N–H and O–H groups in total. The molecule has 0 fully saturated rings. The smallest absolute Gasteiger partial charge is 0.416 e. The van der Waals surface area contributed by atoms with Crippen LogP contribution in [0.25, 0.3) is 0 Å². The van der Waals surface area contributed by atoms with Crippen molar-refractivity contribution in [3.63, 3.8) is 0 Å². The number of aromatic nitrogens is 3. The molecule has 1 aromatic carbocycles. The van der Waals surface area contributed by atoms with Crippen molar-refractivity contribution < 1.29 is 22.7 Å². The first-order valence-electron chi connectivity index (χ1n) is 9.78. The third-order valence-corrected chi connectivity index (χ3v) is 5.19. The van der Waals surface area contributed by atoms with Crippen molar-refractivity contribution in [2.75, 3.05) is 12.0 Å². The van der Waals surface area contributed by atoms with Crippen LogP contribution in [0.5, 0.6) is 5.88 Å². The average molecular weight is 430 g/mol.